The van der Waals surface area contributed by atoms with E-state index in [2.05, 4.69) is 4.98 Å². The van der Waals surface area contributed by atoms with E-state index in [9.17, 15) is 9.59 Å². The number of hydrogen-bond acceptors (Lipinski definition) is 4. The molecule has 0 unspecified atom stereocenters. The predicted octanol–water partition coefficient (Wildman–Crippen LogP) is 0.706. The van der Waals surface area contributed by atoms with Crippen molar-refractivity contribution in [3.05, 3.63) is 57.6 Å². The fraction of sp³-hybridized carbons (Fsp3) is 0.143. The molecule has 0 fully saturated rings. The fourth-order valence-corrected chi connectivity index (χ4v) is 2.06. The lowest BCUT2D eigenvalue weighted by Crippen LogP contribution is -2.32. The van der Waals surface area contributed by atoms with E-state index in [0.717, 1.165) is 0 Å². The van der Waals surface area contributed by atoms with Crippen molar-refractivity contribution in [3.8, 4) is 11.9 Å². The molecule has 0 bridgehead atoms. The van der Waals surface area contributed by atoms with Gasteiger partial charge in [-0.05, 0) is 30.7 Å². The van der Waals surface area contributed by atoms with E-state index in [1.54, 1.807) is 37.4 Å². The fourth-order valence-electron chi connectivity index (χ4n) is 2.06. The number of carbonyl (C=O) groups excluding carboxylic acids is 1. The van der Waals surface area contributed by atoms with Crippen LogP contribution < -0.4 is 11.3 Å². The Bertz CT molecular complexity index is 757. The van der Waals surface area contributed by atoms with E-state index in [0.29, 0.717) is 17.1 Å². The molecule has 2 heterocycles. The first-order valence-electron chi connectivity index (χ1n) is 5.90. The van der Waals surface area contributed by atoms with Crippen molar-refractivity contribution in [2.45, 2.75) is 13.3 Å². The average molecular weight is 268 g/mol. The van der Waals surface area contributed by atoms with Crippen LogP contribution in [0.3, 0.4) is 0 Å². The van der Waals surface area contributed by atoms with Gasteiger partial charge >= 0.3 is 0 Å². The van der Waals surface area contributed by atoms with E-state index in [4.69, 9.17) is 11.0 Å². The molecule has 0 aromatic carbocycles. The highest BCUT2D eigenvalue weighted by Crippen LogP contribution is 2.11. The summed E-state index contributed by atoms with van der Waals surface area (Å²) in [5.41, 5.74) is 5.47. The van der Waals surface area contributed by atoms with E-state index >= 15 is 0 Å². The van der Waals surface area contributed by atoms with Crippen LogP contribution in [0.1, 0.15) is 21.6 Å². The molecule has 6 nitrogen and oxygen atoms in total. The minimum atomic E-state index is -0.843. The molecular weight excluding hydrogens is 256 g/mol. The number of nitrogens with two attached hydrogens (primary N) is 1. The summed E-state index contributed by atoms with van der Waals surface area (Å²) in [6, 6.07) is 8.65. The van der Waals surface area contributed by atoms with Gasteiger partial charge in [-0.3, -0.25) is 14.2 Å². The maximum Gasteiger partial charge on any atom is 0.269 e. The Kier molecular flexibility index (Phi) is 3.62. The third-order valence-electron chi connectivity index (χ3n) is 2.87. The maximum absolute atomic E-state index is 12.4. The highest BCUT2D eigenvalue weighted by molar-refractivity contribution is 5.94. The second-order valence-corrected chi connectivity index (χ2v) is 4.21. The molecule has 20 heavy (non-hydrogen) atoms. The van der Waals surface area contributed by atoms with Crippen molar-refractivity contribution in [2.75, 3.05) is 0 Å². The summed E-state index contributed by atoms with van der Waals surface area (Å²) in [5.74, 6) is -0.439. The SMILES string of the molecule is Cc1cc(CC#N)c(C(N)=O)c(=O)n1-c1ccccn1. The predicted molar refractivity (Wildman–Crippen MR) is 72.4 cm³/mol. The van der Waals surface area contributed by atoms with Crippen LogP contribution in [0, 0.1) is 18.3 Å². The van der Waals surface area contributed by atoms with Gasteiger partial charge in [-0.2, -0.15) is 5.26 Å². The number of carbonyl (C=O) groups is 1. The lowest BCUT2D eigenvalue weighted by atomic mass is 10.1. The highest BCUT2D eigenvalue weighted by Gasteiger charge is 2.18. The zero-order valence-corrected chi connectivity index (χ0v) is 10.8. The Morgan fingerprint density at radius 3 is 2.80 bits per heavy atom. The molecule has 0 spiro atoms. The highest BCUT2D eigenvalue weighted by atomic mass is 16.2. The second-order valence-electron chi connectivity index (χ2n) is 4.21. The van der Waals surface area contributed by atoms with Crippen molar-refractivity contribution in [3.63, 3.8) is 0 Å². The van der Waals surface area contributed by atoms with Gasteiger partial charge in [0.2, 0.25) is 0 Å². The minimum absolute atomic E-state index is 0.0442. The van der Waals surface area contributed by atoms with Crippen molar-refractivity contribution < 1.29 is 4.79 Å². The van der Waals surface area contributed by atoms with Gasteiger partial charge in [0.25, 0.3) is 11.5 Å². The average Bonchev–Trinajstić information content (AvgIpc) is 2.39. The van der Waals surface area contributed by atoms with Gasteiger partial charge in [0.15, 0.2) is 0 Å². The van der Waals surface area contributed by atoms with Gasteiger partial charge in [-0.15, -0.1) is 0 Å². The van der Waals surface area contributed by atoms with Gasteiger partial charge in [-0.1, -0.05) is 6.07 Å². The number of rotatable bonds is 3. The summed E-state index contributed by atoms with van der Waals surface area (Å²) in [6.45, 7) is 1.71. The Morgan fingerprint density at radius 2 is 2.25 bits per heavy atom. The number of pyridine rings is 2. The van der Waals surface area contributed by atoms with Crippen LogP contribution in [0.15, 0.2) is 35.3 Å². The van der Waals surface area contributed by atoms with Crippen LogP contribution in [-0.4, -0.2) is 15.5 Å². The number of hydrogen-bond donors (Lipinski definition) is 1. The Morgan fingerprint density at radius 1 is 1.50 bits per heavy atom. The molecule has 100 valence electrons. The normalized spacial score (nSPS) is 10.0. The quantitative estimate of drug-likeness (QED) is 0.885. The van der Waals surface area contributed by atoms with Crippen molar-refractivity contribution in [1.29, 1.82) is 5.26 Å². The molecule has 0 aliphatic carbocycles. The van der Waals surface area contributed by atoms with Crippen LogP contribution in [0.2, 0.25) is 0 Å². The number of aromatic nitrogens is 2. The number of aryl methyl sites for hydroxylation is 1. The van der Waals surface area contributed by atoms with Crippen LogP contribution >= 0.6 is 0 Å². The first-order valence-corrected chi connectivity index (χ1v) is 5.90. The van der Waals surface area contributed by atoms with Crippen LogP contribution in [0.5, 0.6) is 0 Å². The maximum atomic E-state index is 12.4. The van der Waals surface area contributed by atoms with Gasteiger partial charge in [0.05, 0.1) is 12.5 Å². The third kappa shape index (κ3) is 2.29. The number of amides is 1. The van der Waals surface area contributed by atoms with Crippen molar-refractivity contribution >= 4 is 5.91 Å². The van der Waals surface area contributed by atoms with Gasteiger partial charge in [-0.25, -0.2) is 4.98 Å². The summed E-state index contributed by atoms with van der Waals surface area (Å²) < 4.78 is 1.31. The van der Waals surface area contributed by atoms with Crippen LogP contribution in [0.4, 0.5) is 0 Å². The van der Waals surface area contributed by atoms with Crippen molar-refractivity contribution in [1.82, 2.24) is 9.55 Å². The van der Waals surface area contributed by atoms with E-state index in [1.165, 1.54) is 4.57 Å². The summed E-state index contributed by atoms with van der Waals surface area (Å²) in [7, 11) is 0. The molecule has 2 N–H and O–H groups in total. The molecule has 0 saturated carbocycles. The number of nitrogens with zero attached hydrogens (tertiary/aromatic N) is 3. The van der Waals surface area contributed by atoms with Crippen molar-refractivity contribution in [2.24, 2.45) is 5.73 Å². The first kappa shape index (κ1) is 13.5. The summed E-state index contributed by atoms with van der Waals surface area (Å²) >= 11 is 0. The summed E-state index contributed by atoms with van der Waals surface area (Å²) in [4.78, 5) is 28.0. The third-order valence-corrected chi connectivity index (χ3v) is 2.87. The molecule has 0 aliphatic rings. The zero-order valence-electron chi connectivity index (χ0n) is 10.8. The Hall–Kier alpha value is -2.94. The zero-order chi connectivity index (χ0) is 14.7. The molecule has 2 aromatic heterocycles. The summed E-state index contributed by atoms with van der Waals surface area (Å²) in [6.07, 6.45) is 1.51. The first-order chi connectivity index (χ1) is 9.56. The Labute approximate surface area is 115 Å². The van der Waals surface area contributed by atoms with E-state index in [1.807, 2.05) is 6.07 Å². The molecule has 0 aliphatic heterocycles. The standard InChI is InChI=1S/C14H12N4O2/c1-9-8-10(5-6-15)12(13(16)19)14(20)18(9)11-4-2-3-7-17-11/h2-4,7-8H,5H2,1H3,(H2,16,19). The minimum Gasteiger partial charge on any atom is -0.365 e. The van der Waals surface area contributed by atoms with Gasteiger partial charge in [0.1, 0.15) is 11.4 Å². The molecule has 6 heteroatoms. The lowest BCUT2D eigenvalue weighted by molar-refractivity contribution is 0.0998. The van der Waals surface area contributed by atoms with Gasteiger partial charge < -0.3 is 5.73 Å². The number of primary amides is 1. The largest absolute Gasteiger partial charge is 0.365 e. The second kappa shape index (κ2) is 5.36. The van der Waals surface area contributed by atoms with E-state index in [-0.39, 0.29) is 12.0 Å². The number of nitriles is 1. The molecule has 0 saturated heterocycles. The van der Waals surface area contributed by atoms with Crippen LogP contribution in [-0.2, 0) is 6.42 Å². The lowest BCUT2D eigenvalue weighted by Gasteiger charge is -2.12. The van der Waals surface area contributed by atoms with Crippen LogP contribution in [0.25, 0.3) is 5.82 Å². The molecule has 2 aromatic rings. The molecule has 0 radical (unpaired) electrons. The molecule has 1 amide bonds. The monoisotopic (exact) mass is 268 g/mol. The molecule has 2 rings (SSSR count). The molecule has 0 atom stereocenters. The summed E-state index contributed by atoms with van der Waals surface area (Å²) in [5, 5.41) is 8.77. The van der Waals surface area contributed by atoms with E-state index < -0.39 is 11.5 Å². The Balaban J connectivity index is 2.79. The van der Waals surface area contributed by atoms with Gasteiger partial charge in [0, 0.05) is 11.9 Å². The smallest absolute Gasteiger partial charge is 0.269 e. The molecular formula is C14H12N4O2. The topological polar surface area (TPSA) is 102 Å².